The van der Waals surface area contributed by atoms with Gasteiger partial charge in [0.1, 0.15) is 11.6 Å². The molecule has 0 saturated heterocycles. The third-order valence-corrected chi connectivity index (χ3v) is 6.02. The fraction of sp³-hybridized carbons (Fsp3) is 0.278. The Morgan fingerprint density at radius 3 is 2.41 bits per heavy atom. The maximum atomic E-state index is 12.5. The highest BCUT2D eigenvalue weighted by molar-refractivity contribution is 8.02. The van der Waals surface area contributed by atoms with Gasteiger partial charge in [-0.25, -0.2) is 13.1 Å². The van der Waals surface area contributed by atoms with Gasteiger partial charge in [0.15, 0.2) is 0 Å². The average molecular weight is 436 g/mol. The number of carbonyl (C=O) groups excluding carboxylic acids is 1. The molecule has 154 valence electrons. The third-order valence-electron chi connectivity index (χ3n) is 3.91. The van der Waals surface area contributed by atoms with Crippen molar-refractivity contribution in [2.75, 3.05) is 22.8 Å². The lowest BCUT2D eigenvalue weighted by atomic mass is 10.2. The lowest BCUT2D eigenvalue weighted by Crippen LogP contribution is -2.20. The van der Waals surface area contributed by atoms with Gasteiger partial charge in [0.2, 0.25) is 5.88 Å². The Morgan fingerprint density at radius 1 is 1.28 bits per heavy atom. The summed E-state index contributed by atoms with van der Waals surface area (Å²) in [5, 5.41) is 19.0. The first-order chi connectivity index (χ1) is 13.7. The first-order valence-electron chi connectivity index (χ1n) is 8.52. The second-order valence-electron chi connectivity index (χ2n) is 5.86. The average Bonchev–Trinajstić information content (AvgIpc) is 3.00. The van der Waals surface area contributed by atoms with E-state index < -0.39 is 15.9 Å². The van der Waals surface area contributed by atoms with Crippen molar-refractivity contribution in [3.8, 4) is 6.07 Å². The quantitative estimate of drug-likeness (QED) is 0.425. The van der Waals surface area contributed by atoms with E-state index in [4.69, 9.17) is 4.52 Å². The van der Waals surface area contributed by atoms with Crippen LogP contribution in [0.2, 0.25) is 0 Å². The van der Waals surface area contributed by atoms with Gasteiger partial charge in [0.25, 0.3) is 15.9 Å². The predicted molar refractivity (Wildman–Crippen MR) is 112 cm³/mol. The Bertz CT molecular complexity index is 1070. The van der Waals surface area contributed by atoms with Crippen LogP contribution in [0.4, 0.5) is 11.6 Å². The summed E-state index contributed by atoms with van der Waals surface area (Å²) in [7, 11) is -3.88. The molecule has 1 aromatic heterocycles. The number of thioether (sulfide) groups is 1. The molecule has 9 nitrogen and oxygen atoms in total. The van der Waals surface area contributed by atoms with Crippen LogP contribution < -0.4 is 15.4 Å². The summed E-state index contributed by atoms with van der Waals surface area (Å²) in [6, 6.07) is 7.44. The summed E-state index contributed by atoms with van der Waals surface area (Å²) in [5.74, 6) is -0.531. The summed E-state index contributed by atoms with van der Waals surface area (Å²) in [4.78, 5) is 12.4. The van der Waals surface area contributed by atoms with Crippen molar-refractivity contribution in [3.63, 3.8) is 0 Å². The second kappa shape index (κ2) is 9.49. The lowest BCUT2D eigenvalue weighted by molar-refractivity contribution is -0.112. The highest BCUT2D eigenvalue weighted by Gasteiger charge is 2.20. The molecular formula is C18H21N5O4S2. The van der Waals surface area contributed by atoms with E-state index in [1.54, 1.807) is 20.1 Å². The molecular weight excluding hydrogens is 414 g/mol. The standard InChI is InChI=1S/C18H21N5O4S2/c1-5-20-18(28-4)15(10-19)16(24)21-13-6-8-14(9-7-13)29(25,26)23-17-11(2)12(3)22-27-17/h6-9,20,23H,5H2,1-4H3,(H,21,24)/b18-15+. The molecule has 0 aliphatic rings. The molecule has 2 rings (SSSR count). The van der Waals surface area contributed by atoms with Crippen molar-refractivity contribution < 1.29 is 17.7 Å². The van der Waals surface area contributed by atoms with Crippen molar-refractivity contribution in [1.29, 1.82) is 5.26 Å². The number of benzene rings is 1. The Morgan fingerprint density at radius 2 is 1.93 bits per heavy atom. The van der Waals surface area contributed by atoms with Crippen LogP contribution >= 0.6 is 11.8 Å². The van der Waals surface area contributed by atoms with E-state index in [9.17, 15) is 18.5 Å². The topological polar surface area (TPSA) is 137 Å². The molecule has 2 aromatic rings. The van der Waals surface area contributed by atoms with Gasteiger partial charge in [-0.05, 0) is 51.3 Å². The number of hydrogen-bond acceptors (Lipinski definition) is 8. The number of hydrogen-bond donors (Lipinski definition) is 3. The minimum absolute atomic E-state index is 0.0162. The second-order valence-corrected chi connectivity index (χ2v) is 8.36. The van der Waals surface area contributed by atoms with Crippen LogP contribution in [-0.2, 0) is 14.8 Å². The molecule has 0 unspecified atom stereocenters. The molecule has 11 heteroatoms. The highest BCUT2D eigenvalue weighted by atomic mass is 32.2. The smallest absolute Gasteiger partial charge is 0.269 e. The van der Waals surface area contributed by atoms with Gasteiger partial charge in [-0.3, -0.25) is 4.79 Å². The van der Waals surface area contributed by atoms with E-state index in [2.05, 4.69) is 20.5 Å². The number of nitrogens with one attached hydrogen (secondary N) is 3. The molecule has 0 fully saturated rings. The molecule has 0 atom stereocenters. The number of rotatable bonds is 8. The highest BCUT2D eigenvalue weighted by Crippen LogP contribution is 2.23. The van der Waals surface area contributed by atoms with Crippen molar-refractivity contribution >= 4 is 39.3 Å². The maximum Gasteiger partial charge on any atom is 0.269 e. The van der Waals surface area contributed by atoms with Crippen LogP contribution in [0.3, 0.4) is 0 Å². The van der Waals surface area contributed by atoms with E-state index in [0.717, 1.165) is 0 Å². The zero-order valence-electron chi connectivity index (χ0n) is 16.4. The fourth-order valence-electron chi connectivity index (χ4n) is 2.23. The molecule has 0 spiro atoms. The molecule has 0 radical (unpaired) electrons. The Labute approximate surface area is 173 Å². The molecule has 1 amide bonds. The molecule has 0 bridgehead atoms. The number of aromatic nitrogens is 1. The van der Waals surface area contributed by atoms with Gasteiger partial charge < -0.3 is 15.2 Å². The summed E-state index contributed by atoms with van der Waals surface area (Å²) in [6.07, 6.45) is 1.76. The van der Waals surface area contributed by atoms with Crippen molar-refractivity contribution in [2.24, 2.45) is 0 Å². The van der Waals surface area contributed by atoms with Gasteiger partial charge in [-0.1, -0.05) is 5.16 Å². The van der Waals surface area contributed by atoms with Crippen LogP contribution in [-0.4, -0.2) is 32.3 Å². The molecule has 1 aromatic carbocycles. The number of amides is 1. The zero-order valence-corrected chi connectivity index (χ0v) is 18.0. The van der Waals surface area contributed by atoms with Crippen LogP contribution in [0.1, 0.15) is 18.2 Å². The predicted octanol–water partition coefficient (Wildman–Crippen LogP) is 2.74. The summed E-state index contributed by atoms with van der Waals surface area (Å²) in [6.45, 7) is 5.83. The van der Waals surface area contributed by atoms with Gasteiger partial charge in [-0.2, -0.15) is 5.26 Å². The molecule has 0 aliphatic carbocycles. The Hall–Kier alpha value is -2.97. The molecule has 0 aliphatic heterocycles. The van der Waals surface area contributed by atoms with Gasteiger partial charge in [-0.15, -0.1) is 11.8 Å². The lowest BCUT2D eigenvalue weighted by Gasteiger charge is -2.10. The summed E-state index contributed by atoms with van der Waals surface area (Å²) >= 11 is 1.26. The maximum absolute atomic E-state index is 12.5. The van der Waals surface area contributed by atoms with Crippen LogP contribution in [0, 0.1) is 25.2 Å². The first kappa shape index (κ1) is 22.3. The molecule has 3 N–H and O–H groups in total. The van der Waals surface area contributed by atoms with E-state index in [1.165, 1.54) is 36.0 Å². The van der Waals surface area contributed by atoms with Crippen molar-refractivity contribution in [3.05, 3.63) is 46.1 Å². The van der Waals surface area contributed by atoms with Crippen molar-refractivity contribution in [2.45, 2.75) is 25.7 Å². The molecule has 1 heterocycles. The number of nitriles is 1. The largest absolute Gasteiger partial charge is 0.379 e. The summed E-state index contributed by atoms with van der Waals surface area (Å²) in [5.41, 5.74) is 1.49. The van der Waals surface area contributed by atoms with Crippen LogP contribution in [0.15, 0.2) is 44.3 Å². The van der Waals surface area contributed by atoms with Gasteiger partial charge >= 0.3 is 0 Å². The Balaban J connectivity index is 2.18. The van der Waals surface area contributed by atoms with E-state index in [-0.39, 0.29) is 16.4 Å². The Kier molecular flexibility index (Phi) is 7.30. The van der Waals surface area contributed by atoms with Gasteiger partial charge in [0.05, 0.1) is 15.6 Å². The third kappa shape index (κ3) is 5.30. The molecule has 29 heavy (non-hydrogen) atoms. The number of nitrogens with zero attached hydrogens (tertiary/aromatic N) is 2. The minimum atomic E-state index is -3.88. The zero-order chi connectivity index (χ0) is 21.6. The fourth-order valence-corrected chi connectivity index (χ4v) is 3.91. The van der Waals surface area contributed by atoms with Crippen LogP contribution in [0.25, 0.3) is 0 Å². The summed E-state index contributed by atoms with van der Waals surface area (Å²) < 4.78 is 32.3. The number of anilines is 2. The number of sulfonamides is 1. The first-order valence-corrected chi connectivity index (χ1v) is 11.2. The number of aryl methyl sites for hydroxylation is 1. The van der Waals surface area contributed by atoms with Gasteiger partial charge in [0, 0.05) is 17.8 Å². The van der Waals surface area contributed by atoms with E-state index in [1.807, 2.05) is 13.0 Å². The normalized spacial score (nSPS) is 12.0. The molecule has 0 saturated carbocycles. The monoisotopic (exact) mass is 435 g/mol. The number of carbonyl (C=O) groups is 1. The van der Waals surface area contributed by atoms with Crippen LogP contribution in [0.5, 0.6) is 0 Å². The van der Waals surface area contributed by atoms with E-state index >= 15 is 0 Å². The minimum Gasteiger partial charge on any atom is -0.379 e. The van der Waals surface area contributed by atoms with E-state index in [0.29, 0.717) is 28.5 Å². The SMILES string of the molecule is CCN/C(SC)=C(/C#N)C(=O)Nc1ccc(S(=O)(=O)Nc2onc(C)c2C)cc1. The van der Waals surface area contributed by atoms with Crippen molar-refractivity contribution in [1.82, 2.24) is 10.5 Å².